The van der Waals surface area contributed by atoms with Crippen LogP contribution < -0.4 is 5.73 Å². The zero-order valence-electron chi connectivity index (χ0n) is 28.0. The number of rotatable bonds is 16. The predicted molar refractivity (Wildman–Crippen MR) is 186 cm³/mol. The molecule has 46 heavy (non-hydrogen) atoms. The lowest BCUT2D eigenvalue weighted by molar-refractivity contribution is -0.123. The topological polar surface area (TPSA) is 86.9 Å². The summed E-state index contributed by atoms with van der Waals surface area (Å²) >= 11 is 0. The second-order valence-corrected chi connectivity index (χ2v) is 12.4. The number of benzene rings is 3. The molecule has 7 nitrogen and oxygen atoms in total. The van der Waals surface area contributed by atoms with Crippen molar-refractivity contribution in [1.29, 1.82) is 0 Å². The molecule has 7 heteroatoms. The van der Waals surface area contributed by atoms with Crippen LogP contribution in [0.4, 0.5) is 0 Å². The van der Waals surface area contributed by atoms with E-state index < -0.39 is 5.41 Å². The van der Waals surface area contributed by atoms with Crippen LogP contribution in [0.5, 0.6) is 0 Å². The van der Waals surface area contributed by atoms with Crippen molar-refractivity contribution in [2.45, 2.75) is 64.2 Å². The van der Waals surface area contributed by atoms with Gasteiger partial charge < -0.3 is 15.5 Å². The van der Waals surface area contributed by atoms with E-state index in [9.17, 15) is 14.4 Å². The number of nitrogens with two attached hydrogens (primary N) is 1. The van der Waals surface area contributed by atoms with Gasteiger partial charge in [0.15, 0.2) is 0 Å². The summed E-state index contributed by atoms with van der Waals surface area (Å²) < 4.78 is 0. The Morgan fingerprint density at radius 1 is 0.739 bits per heavy atom. The van der Waals surface area contributed by atoms with Crippen molar-refractivity contribution in [3.8, 4) is 0 Å². The zero-order valence-corrected chi connectivity index (χ0v) is 28.0. The molecule has 5 rings (SSSR count). The normalized spacial score (nSPS) is 16.4. The number of fused-ring (bicyclic) bond motifs is 1. The first-order valence-electron chi connectivity index (χ1n) is 17.2. The summed E-state index contributed by atoms with van der Waals surface area (Å²) in [5, 5.41) is 0. The summed E-state index contributed by atoms with van der Waals surface area (Å²) in [4.78, 5) is 44.6. The van der Waals surface area contributed by atoms with Gasteiger partial charge in [0.1, 0.15) is 5.41 Å². The van der Waals surface area contributed by atoms with Gasteiger partial charge in [-0.1, -0.05) is 106 Å². The Kier molecular flexibility index (Phi) is 13.1. The van der Waals surface area contributed by atoms with E-state index in [1.807, 2.05) is 74.5 Å². The number of amides is 3. The van der Waals surface area contributed by atoms with Crippen molar-refractivity contribution in [2.24, 2.45) is 11.7 Å². The zero-order chi connectivity index (χ0) is 32.9. The van der Waals surface area contributed by atoms with E-state index in [4.69, 9.17) is 5.73 Å². The molecular weight excluding hydrogens is 572 g/mol. The van der Waals surface area contributed by atoms with Gasteiger partial charge in [0.25, 0.3) is 11.8 Å². The number of carbonyl (C=O) groups excluding carboxylic acids is 3. The van der Waals surface area contributed by atoms with Crippen molar-refractivity contribution in [3.63, 3.8) is 0 Å². The molecule has 0 saturated carbocycles. The van der Waals surface area contributed by atoms with E-state index in [2.05, 4.69) is 16.8 Å². The van der Waals surface area contributed by atoms with Crippen LogP contribution in [0.15, 0.2) is 84.9 Å². The SMILES string of the molecule is CC.CN(CCCCCCCN1CCC(C(C(N)=O)(c2ccccc2)c2ccccc2)C1)CCCN1C(=O)c2ccccc2C1=O. The molecule has 2 N–H and O–H groups in total. The number of carbonyl (C=O) groups is 3. The molecule has 0 aromatic heterocycles. The Labute approximate surface area is 275 Å². The largest absolute Gasteiger partial charge is 0.369 e. The summed E-state index contributed by atoms with van der Waals surface area (Å²) in [6.45, 7) is 9.26. The molecule has 0 spiro atoms. The molecule has 3 aromatic rings. The number of hydrogen-bond donors (Lipinski definition) is 1. The average Bonchev–Trinajstić information content (AvgIpc) is 3.65. The summed E-state index contributed by atoms with van der Waals surface area (Å²) in [7, 11) is 2.11. The molecule has 0 bridgehead atoms. The van der Waals surface area contributed by atoms with Crippen LogP contribution >= 0.6 is 0 Å². The Hall–Kier alpha value is -3.81. The van der Waals surface area contributed by atoms with Gasteiger partial charge in [-0.15, -0.1) is 0 Å². The molecule has 1 atom stereocenters. The van der Waals surface area contributed by atoms with Gasteiger partial charge in [-0.05, 0) is 88.1 Å². The average molecular weight is 625 g/mol. The summed E-state index contributed by atoms with van der Waals surface area (Å²) in [5.41, 5.74) is 8.43. The van der Waals surface area contributed by atoms with Crippen LogP contribution in [0.3, 0.4) is 0 Å². The number of nitrogens with zero attached hydrogens (tertiary/aromatic N) is 3. The highest BCUT2D eigenvalue weighted by molar-refractivity contribution is 6.21. The Morgan fingerprint density at radius 2 is 1.24 bits per heavy atom. The first-order valence-corrected chi connectivity index (χ1v) is 17.2. The highest BCUT2D eigenvalue weighted by atomic mass is 16.2. The number of imide groups is 1. The number of primary amides is 1. The lowest BCUT2D eigenvalue weighted by Gasteiger charge is -2.37. The Morgan fingerprint density at radius 3 is 1.80 bits per heavy atom. The maximum absolute atomic E-state index is 13.3. The van der Waals surface area contributed by atoms with Gasteiger partial charge in [0, 0.05) is 13.1 Å². The van der Waals surface area contributed by atoms with E-state index in [0.29, 0.717) is 17.7 Å². The van der Waals surface area contributed by atoms with Crippen molar-refractivity contribution < 1.29 is 14.4 Å². The first kappa shape index (κ1) is 35.1. The minimum atomic E-state index is -0.826. The fraction of sp³-hybridized carbons (Fsp3) is 0.462. The standard InChI is InChI=1S/C37H46N4O3.C2H6/c1-39(24-15-26-41-34(42)32-20-11-12-21-33(32)35(41)43)23-13-3-2-4-14-25-40-27-22-31(28-40)37(36(38)44,29-16-7-5-8-17-29)30-18-9-6-10-19-30;1-2/h5-12,16-21,31H,2-4,13-15,22-28H2,1H3,(H2,38,44);1-2H3. The van der Waals surface area contributed by atoms with Crippen LogP contribution in [-0.2, 0) is 10.2 Å². The van der Waals surface area contributed by atoms with E-state index in [-0.39, 0.29) is 23.6 Å². The van der Waals surface area contributed by atoms with Crippen LogP contribution in [0.25, 0.3) is 0 Å². The third-order valence-corrected chi connectivity index (χ3v) is 9.55. The lowest BCUT2D eigenvalue weighted by atomic mass is 9.64. The smallest absolute Gasteiger partial charge is 0.261 e. The molecule has 246 valence electrons. The Bertz CT molecular complexity index is 1340. The van der Waals surface area contributed by atoms with Gasteiger partial charge in [-0.25, -0.2) is 0 Å². The van der Waals surface area contributed by atoms with E-state index in [1.54, 1.807) is 24.3 Å². The quantitative estimate of drug-likeness (QED) is 0.148. The van der Waals surface area contributed by atoms with Gasteiger partial charge in [-0.2, -0.15) is 0 Å². The van der Waals surface area contributed by atoms with E-state index >= 15 is 0 Å². The van der Waals surface area contributed by atoms with Crippen LogP contribution in [-0.4, -0.2) is 78.7 Å². The van der Waals surface area contributed by atoms with Crippen molar-refractivity contribution in [3.05, 3.63) is 107 Å². The number of likely N-dealkylation sites (tertiary alicyclic amines) is 1. The van der Waals surface area contributed by atoms with Crippen molar-refractivity contribution in [2.75, 3.05) is 46.3 Å². The minimum absolute atomic E-state index is 0.136. The lowest BCUT2D eigenvalue weighted by Crippen LogP contribution is -2.49. The third-order valence-electron chi connectivity index (χ3n) is 9.55. The van der Waals surface area contributed by atoms with Crippen LogP contribution in [0, 0.1) is 5.92 Å². The highest BCUT2D eigenvalue weighted by Crippen LogP contribution is 2.43. The van der Waals surface area contributed by atoms with Gasteiger partial charge in [0.05, 0.1) is 11.1 Å². The molecule has 3 amide bonds. The fourth-order valence-corrected chi connectivity index (χ4v) is 7.22. The fourth-order valence-electron chi connectivity index (χ4n) is 7.22. The summed E-state index contributed by atoms with van der Waals surface area (Å²) in [6, 6.07) is 27.2. The van der Waals surface area contributed by atoms with Crippen LogP contribution in [0.1, 0.15) is 90.6 Å². The van der Waals surface area contributed by atoms with Gasteiger partial charge in [-0.3, -0.25) is 19.3 Å². The predicted octanol–water partition coefficient (Wildman–Crippen LogP) is 6.37. The van der Waals surface area contributed by atoms with E-state index in [0.717, 1.165) is 69.5 Å². The molecule has 1 unspecified atom stereocenters. The molecule has 1 fully saturated rings. The number of unbranched alkanes of at least 4 members (excludes halogenated alkanes) is 4. The monoisotopic (exact) mass is 624 g/mol. The second-order valence-electron chi connectivity index (χ2n) is 12.4. The molecule has 0 radical (unpaired) electrons. The molecule has 0 aliphatic carbocycles. The highest BCUT2D eigenvalue weighted by Gasteiger charge is 2.49. The molecule has 1 saturated heterocycles. The van der Waals surface area contributed by atoms with Gasteiger partial charge >= 0.3 is 0 Å². The number of hydrogen-bond acceptors (Lipinski definition) is 5. The summed E-state index contributed by atoms with van der Waals surface area (Å²) in [6.07, 6.45) is 7.63. The van der Waals surface area contributed by atoms with Crippen molar-refractivity contribution in [1.82, 2.24) is 14.7 Å². The maximum atomic E-state index is 13.3. The van der Waals surface area contributed by atoms with E-state index in [1.165, 1.54) is 24.2 Å². The summed E-state index contributed by atoms with van der Waals surface area (Å²) in [5.74, 6) is -0.470. The Balaban J connectivity index is 0.00000235. The van der Waals surface area contributed by atoms with Crippen molar-refractivity contribution >= 4 is 17.7 Å². The first-order chi connectivity index (χ1) is 22.4. The molecule has 3 aromatic carbocycles. The maximum Gasteiger partial charge on any atom is 0.261 e. The molecule has 2 aliphatic heterocycles. The minimum Gasteiger partial charge on any atom is -0.369 e. The third kappa shape index (κ3) is 7.94. The molecule has 2 aliphatic rings. The molecular formula is C39H52N4O3. The van der Waals surface area contributed by atoms with Crippen LogP contribution in [0.2, 0.25) is 0 Å². The van der Waals surface area contributed by atoms with Gasteiger partial charge in [0.2, 0.25) is 5.91 Å². The second kappa shape index (κ2) is 17.2. The molecule has 2 heterocycles.